The van der Waals surface area contributed by atoms with Crippen molar-refractivity contribution in [3.05, 3.63) is 45.4 Å². The summed E-state index contributed by atoms with van der Waals surface area (Å²) in [5.41, 5.74) is 4.32. The van der Waals surface area contributed by atoms with E-state index in [2.05, 4.69) is 31.2 Å². The molecule has 11 nitrogen and oxygen atoms in total. The van der Waals surface area contributed by atoms with Crippen molar-refractivity contribution in [2.24, 2.45) is 0 Å². The predicted octanol–water partition coefficient (Wildman–Crippen LogP) is 3.93. The third-order valence-corrected chi connectivity index (χ3v) is 7.02. The number of benzene rings is 1. The zero-order valence-electron chi connectivity index (χ0n) is 22.4. The molecule has 39 heavy (non-hydrogen) atoms. The Morgan fingerprint density at radius 1 is 1.10 bits per heavy atom. The second-order valence-electron chi connectivity index (χ2n) is 10.6. The lowest BCUT2D eigenvalue weighted by Crippen LogP contribution is -2.49. The Hall–Kier alpha value is -3.51. The fourth-order valence-electron chi connectivity index (χ4n) is 4.54. The van der Waals surface area contributed by atoms with E-state index >= 15 is 0 Å². The van der Waals surface area contributed by atoms with Crippen LogP contribution < -0.4 is 5.43 Å². The predicted molar refractivity (Wildman–Crippen MR) is 148 cm³/mol. The molecule has 0 saturated carbocycles. The number of aromatic nitrogens is 1. The van der Waals surface area contributed by atoms with Gasteiger partial charge in [0, 0.05) is 60.1 Å². The maximum absolute atomic E-state index is 12.9. The van der Waals surface area contributed by atoms with Crippen molar-refractivity contribution < 1.29 is 29.0 Å². The summed E-state index contributed by atoms with van der Waals surface area (Å²) in [5, 5.41) is 10.8. The summed E-state index contributed by atoms with van der Waals surface area (Å²) >= 11 is 3.48. The van der Waals surface area contributed by atoms with Gasteiger partial charge in [-0.15, -0.1) is 0 Å². The average molecular weight is 602 g/mol. The molecule has 2 N–H and O–H groups in total. The van der Waals surface area contributed by atoms with Crippen molar-refractivity contribution in [3.8, 4) is 0 Å². The van der Waals surface area contributed by atoms with Crippen LogP contribution in [0.2, 0.25) is 0 Å². The minimum atomic E-state index is -1.04. The lowest BCUT2D eigenvalue weighted by molar-refractivity contribution is -0.137. The maximum atomic E-state index is 12.9. The molecule has 3 heterocycles. The molecule has 2 aromatic rings. The van der Waals surface area contributed by atoms with E-state index in [1.165, 1.54) is 6.92 Å². The van der Waals surface area contributed by atoms with Crippen LogP contribution in [0, 0.1) is 0 Å². The van der Waals surface area contributed by atoms with E-state index in [0.29, 0.717) is 44.1 Å². The largest absolute Gasteiger partial charge is 0.481 e. The zero-order chi connectivity index (χ0) is 28.5. The molecule has 0 spiro atoms. The first-order valence-electron chi connectivity index (χ1n) is 12.7. The number of amides is 3. The van der Waals surface area contributed by atoms with Crippen LogP contribution in [-0.2, 0) is 25.7 Å². The molecule has 1 aromatic carbocycles. The Labute approximate surface area is 234 Å². The number of piperazine rings is 1. The van der Waals surface area contributed by atoms with Crippen molar-refractivity contribution in [1.82, 2.24) is 19.8 Å². The highest BCUT2D eigenvalue weighted by molar-refractivity contribution is 9.10. The van der Waals surface area contributed by atoms with Gasteiger partial charge in [0.1, 0.15) is 11.4 Å². The third-order valence-electron chi connectivity index (χ3n) is 6.53. The fourth-order valence-corrected chi connectivity index (χ4v) is 4.89. The van der Waals surface area contributed by atoms with Crippen LogP contribution in [0.3, 0.4) is 0 Å². The fraction of sp³-hybridized carbons (Fsp3) is 0.444. The lowest BCUT2D eigenvalue weighted by atomic mass is 10.1. The molecule has 208 valence electrons. The highest BCUT2D eigenvalue weighted by atomic mass is 79.9. The molecule has 1 saturated heterocycles. The number of carbonyl (C=O) groups excluding carboxylic acids is 3. The standard InChI is InChI=1S/C27H32BrN5O6/c1-16-19(7-8-23(34)35)25(37)33(24(16)36)30-22-13-17(20-6-5-18(28)14-21(20)29-22)15-31-9-11-32(12-10-31)26(38)39-27(2,3)4/h5-6,13-14H,7-12,15H2,1-4H3,(H,29,30)(H,34,35). The van der Waals surface area contributed by atoms with Crippen molar-refractivity contribution >= 4 is 56.5 Å². The first-order valence-corrected chi connectivity index (χ1v) is 13.5. The lowest BCUT2D eigenvalue weighted by Gasteiger charge is -2.35. The van der Waals surface area contributed by atoms with Gasteiger partial charge in [-0.1, -0.05) is 22.0 Å². The Kier molecular flexibility index (Phi) is 8.26. The van der Waals surface area contributed by atoms with Gasteiger partial charge in [-0.2, -0.15) is 5.01 Å². The van der Waals surface area contributed by atoms with Crippen LogP contribution in [0.1, 0.15) is 46.1 Å². The van der Waals surface area contributed by atoms with Crippen molar-refractivity contribution in [3.63, 3.8) is 0 Å². The molecule has 0 aliphatic carbocycles. The number of imide groups is 1. The quantitative estimate of drug-likeness (QED) is 0.453. The second-order valence-corrected chi connectivity index (χ2v) is 11.5. The number of hydrogen-bond acceptors (Lipinski definition) is 8. The van der Waals surface area contributed by atoms with Crippen LogP contribution in [0.25, 0.3) is 10.9 Å². The van der Waals surface area contributed by atoms with Crippen LogP contribution >= 0.6 is 15.9 Å². The Bertz CT molecular complexity index is 1360. The number of carbonyl (C=O) groups is 4. The highest BCUT2D eigenvalue weighted by Gasteiger charge is 2.36. The summed E-state index contributed by atoms with van der Waals surface area (Å²) in [6.45, 7) is 10.0. The van der Waals surface area contributed by atoms with E-state index in [0.717, 1.165) is 20.4 Å². The second kappa shape index (κ2) is 11.3. The molecule has 1 aromatic heterocycles. The van der Waals surface area contributed by atoms with Gasteiger partial charge in [-0.05, 0) is 57.9 Å². The van der Waals surface area contributed by atoms with Gasteiger partial charge in [0.05, 0.1) is 5.52 Å². The van der Waals surface area contributed by atoms with E-state index in [4.69, 9.17) is 9.84 Å². The first-order chi connectivity index (χ1) is 18.3. The van der Waals surface area contributed by atoms with Gasteiger partial charge in [-0.3, -0.25) is 24.7 Å². The van der Waals surface area contributed by atoms with Crippen LogP contribution in [0.15, 0.2) is 39.9 Å². The highest BCUT2D eigenvalue weighted by Crippen LogP contribution is 2.29. The normalized spacial score (nSPS) is 16.8. The van der Waals surface area contributed by atoms with Crippen LogP contribution in [0.5, 0.6) is 0 Å². The number of anilines is 1. The molecule has 12 heteroatoms. The topological polar surface area (TPSA) is 132 Å². The van der Waals surface area contributed by atoms with Crippen molar-refractivity contribution in [2.75, 3.05) is 31.6 Å². The number of ether oxygens (including phenoxy) is 1. The number of pyridine rings is 1. The maximum Gasteiger partial charge on any atom is 0.410 e. The van der Waals surface area contributed by atoms with Gasteiger partial charge in [0.15, 0.2) is 0 Å². The molecule has 3 amide bonds. The minimum Gasteiger partial charge on any atom is -0.481 e. The summed E-state index contributed by atoms with van der Waals surface area (Å²) in [5.74, 6) is -1.83. The number of carboxylic acids is 1. The summed E-state index contributed by atoms with van der Waals surface area (Å²) < 4.78 is 6.33. The van der Waals surface area contributed by atoms with Crippen LogP contribution in [-0.4, -0.2) is 80.6 Å². The van der Waals surface area contributed by atoms with Gasteiger partial charge in [0.25, 0.3) is 11.8 Å². The number of aliphatic carboxylic acids is 1. The van der Waals surface area contributed by atoms with Crippen molar-refractivity contribution in [2.45, 2.75) is 52.7 Å². The summed E-state index contributed by atoms with van der Waals surface area (Å²) in [4.78, 5) is 57.8. The first kappa shape index (κ1) is 28.5. The zero-order valence-corrected chi connectivity index (χ0v) is 24.0. The number of hydrogen-bond donors (Lipinski definition) is 2. The molecule has 0 atom stereocenters. The Balaban J connectivity index is 1.52. The molecule has 2 aliphatic heterocycles. The number of hydrazine groups is 1. The molecule has 1 fully saturated rings. The van der Waals surface area contributed by atoms with E-state index in [9.17, 15) is 19.2 Å². The summed E-state index contributed by atoms with van der Waals surface area (Å²) in [6, 6.07) is 7.56. The van der Waals surface area contributed by atoms with E-state index in [1.54, 1.807) is 4.90 Å². The number of rotatable bonds is 7. The van der Waals surface area contributed by atoms with E-state index < -0.39 is 23.4 Å². The van der Waals surface area contributed by atoms with Crippen molar-refractivity contribution in [1.29, 1.82) is 0 Å². The van der Waals surface area contributed by atoms with Gasteiger partial charge in [-0.25, -0.2) is 9.78 Å². The van der Waals surface area contributed by atoms with Gasteiger partial charge in [0.2, 0.25) is 0 Å². The van der Waals surface area contributed by atoms with E-state index in [1.807, 2.05) is 45.0 Å². The van der Waals surface area contributed by atoms with Gasteiger partial charge >= 0.3 is 12.1 Å². The molecular weight excluding hydrogens is 570 g/mol. The summed E-state index contributed by atoms with van der Waals surface area (Å²) in [6.07, 6.45) is -0.588. The molecule has 0 radical (unpaired) electrons. The Morgan fingerprint density at radius 2 is 1.79 bits per heavy atom. The number of carboxylic acid groups (broad SMARTS) is 1. The van der Waals surface area contributed by atoms with Crippen LogP contribution in [0.4, 0.5) is 10.6 Å². The molecular formula is C27H32BrN5O6. The number of halogens is 1. The smallest absolute Gasteiger partial charge is 0.410 e. The minimum absolute atomic E-state index is 0.0253. The molecule has 4 rings (SSSR count). The number of nitrogens with zero attached hydrogens (tertiary/aromatic N) is 4. The Morgan fingerprint density at radius 3 is 2.44 bits per heavy atom. The molecule has 0 bridgehead atoms. The van der Waals surface area contributed by atoms with E-state index in [-0.39, 0.29) is 30.1 Å². The van der Waals surface area contributed by atoms with Gasteiger partial charge < -0.3 is 14.7 Å². The molecule has 0 unspecified atom stereocenters. The monoisotopic (exact) mass is 601 g/mol. The average Bonchev–Trinajstić information content (AvgIpc) is 3.04. The number of nitrogens with one attached hydrogen (secondary N) is 1. The SMILES string of the molecule is CC1=C(CCC(=O)O)C(=O)N(Nc2cc(CN3CCN(C(=O)OC(C)(C)C)CC3)c3ccc(Br)cc3n2)C1=O. The number of fused-ring (bicyclic) bond motifs is 1. The summed E-state index contributed by atoms with van der Waals surface area (Å²) in [7, 11) is 0. The molecule has 2 aliphatic rings. The third kappa shape index (κ3) is 6.74.